The zero-order valence-corrected chi connectivity index (χ0v) is 14.6. The Morgan fingerprint density at radius 1 is 1.39 bits per heavy atom. The fraction of sp³-hybridized carbons (Fsp3) is 0.412. The molecule has 1 atom stereocenters. The quantitative estimate of drug-likeness (QED) is 0.870. The first kappa shape index (κ1) is 17.4. The minimum absolute atomic E-state index is 0.162. The summed E-state index contributed by atoms with van der Waals surface area (Å²) in [7, 11) is 0. The minimum atomic E-state index is -0.496. The Morgan fingerprint density at radius 3 is 2.70 bits per heavy atom. The van der Waals surface area contributed by atoms with Gasteiger partial charge in [-0.25, -0.2) is 14.2 Å². The van der Waals surface area contributed by atoms with Crippen molar-refractivity contribution in [2.24, 2.45) is 0 Å². The molecule has 0 aliphatic heterocycles. The summed E-state index contributed by atoms with van der Waals surface area (Å²) in [5.41, 5.74) is 1.03. The molecule has 124 valence electrons. The number of aryl methyl sites for hydroxylation is 1. The van der Waals surface area contributed by atoms with E-state index < -0.39 is 5.41 Å². The van der Waals surface area contributed by atoms with E-state index in [-0.39, 0.29) is 17.9 Å². The Balaban J connectivity index is 1.92. The molecule has 0 fully saturated rings. The lowest BCUT2D eigenvalue weighted by molar-refractivity contribution is 0.235. The fourth-order valence-electron chi connectivity index (χ4n) is 2.29. The van der Waals surface area contributed by atoms with Gasteiger partial charge in [-0.2, -0.15) is 0 Å². The van der Waals surface area contributed by atoms with Crippen LogP contribution in [0.5, 0.6) is 0 Å². The minimum Gasteiger partial charge on any atom is -0.337 e. The highest BCUT2D eigenvalue weighted by atomic mass is 32.1. The molecule has 1 aromatic carbocycles. The van der Waals surface area contributed by atoms with E-state index in [0.717, 1.165) is 10.7 Å². The second kappa shape index (κ2) is 7.08. The summed E-state index contributed by atoms with van der Waals surface area (Å²) in [4.78, 5) is 16.4. The molecule has 0 aliphatic carbocycles. The number of nitrogens with one attached hydrogen (secondary N) is 2. The number of hydrogen-bond acceptors (Lipinski definition) is 3. The van der Waals surface area contributed by atoms with Crippen LogP contribution in [0, 0.1) is 12.7 Å². The standard InChI is InChI=1S/C17H22FN3OS/c1-11-9-23-15(20-11)12(2)21-16(22)19-10-17(3,4)13-7-5-6-8-14(13)18/h5-9,12H,10H2,1-4H3,(H2,19,21,22). The van der Waals surface area contributed by atoms with Gasteiger partial charge >= 0.3 is 6.03 Å². The Bertz CT molecular complexity index is 684. The van der Waals surface area contributed by atoms with E-state index in [4.69, 9.17) is 0 Å². The number of urea groups is 1. The largest absolute Gasteiger partial charge is 0.337 e. The summed E-state index contributed by atoms with van der Waals surface area (Å²) in [6.45, 7) is 7.95. The molecule has 2 N–H and O–H groups in total. The first-order valence-electron chi connectivity index (χ1n) is 7.51. The molecule has 0 saturated carbocycles. The Labute approximate surface area is 140 Å². The molecule has 1 unspecified atom stereocenters. The number of amides is 2. The molecular formula is C17H22FN3OS. The van der Waals surface area contributed by atoms with Gasteiger partial charge in [0.1, 0.15) is 10.8 Å². The van der Waals surface area contributed by atoms with Gasteiger partial charge in [0, 0.05) is 23.0 Å². The predicted octanol–water partition coefficient (Wildman–Crippen LogP) is 3.93. The highest BCUT2D eigenvalue weighted by molar-refractivity contribution is 7.09. The predicted molar refractivity (Wildman–Crippen MR) is 91.2 cm³/mol. The molecular weight excluding hydrogens is 313 g/mol. The lowest BCUT2D eigenvalue weighted by atomic mass is 9.84. The van der Waals surface area contributed by atoms with Crippen molar-refractivity contribution in [1.82, 2.24) is 15.6 Å². The molecule has 2 aromatic rings. The monoisotopic (exact) mass is 335 g/mol. The third-order valence-electron chi connectivity index (χ3n) is 3.65. The van der Waals surface area contributed by atoms with Crippen molar-refractivity contribution in [2.75, 3.05) is 6.54 Å². The number of hydrogen-bond donors (Lipinski definition) is 2. The topological polar surface area (TPSA) is 54.0 Å². The molecule has 0 bridgehead atoms. The van der Waals surface area contributed by atoms with Gasteiger partial charge in [-0.1, -0.05) is 32.0 Å². The zero-order chi connectivity index (χ0) is 17.0. The Kier molecular flexibility index (Phi) is 5.36. The average molecular weight is 335 g/mol. The number of halogens is 1. The van der Waals surface area contributed by atoms with Crippen LogP contribution in [0.15, 0.2) is 29.6 Å². The van der Waals surface area contributed by atoms with Crippen LogP contribution in [0.25, 0.3) is 0 Å². The Hall–Kier alpha value is -1.95. The molecule has 23 heavy (non-hydrogen) atoms. The van der Waals surface area contributed by atoms with Crippen molar-refractivity contribution in [3.63, 3.8) is 0 Å². The van der Waals surface area contributed by atoms with Gasteiger partial charge in [-0.3, -0.25) is 0 Å². The van der Waals surface area contributed by atoms with Gasteiger partial charge < -0.3 is 10.6 Å². The molecule has 6 heteroatoms. The smallest absolute Gasteiger partial charge is 0.315 e. The number of nitrogens with zero attached hydrogens (tertiary/aromatic N) is 1. The van der Waals surface area contributed by atoms with E-state index >= 15 is 0 Å². The van der Waals surface area contributed by atoms with Crippen molar-refractivity contribution >= 4 is 17.4 Å². The van der Waals surface area contributed by atoms with Gasteiger partial charge in [-0.15, -0.1) is 11.3 Å². The molecule has 1 aromatic heterocycles. The highest BCUT2D eigenvalue weighted by Gasteiger charge is 2.25. The first-order valence-corrected chi connectivity index (χ1v) is 8.39. The maximum Gasteiger partial charge on any atom is 0.315 e. The number of thiazole rings is 1. The van der Waals surface area contributed by atoms with Gasteiger partial charge in [0.2, 0.25) is 0 Å². The summed E-state index contributed by atoms with van der Waals surface area (Å²) in [6.07, 6.45) is 0. The van der Waals surface area contributed by atoms with Gasteiger partial charge in [0.05, 0.1) is 6.04 Å². The van der Waals surface area contributed by atoms with Gasteiger partial charge in [-0.05, 0) is 25.5 Å². The second-order valence-corrected chi connectivity index (χ2v) is 7.13. The molecule has 0 spiro atoms. The fourth-order valence-corrected chi connectivity index (χ4v) is 3.09. The summed E-state index contributed by atoms with van der Waals surface area (Å²) in [5, 5.41) is 8.49. The number of aromatic nitrogens is 1. The van der Waals surface area contributed by atoms with Gasteiger partial charge in [0.25, 0.3) is 0 Å². The highest BCUT2D eigenvalue weighted by Crippen LogP contribution is 2.24. The lowest BCUT2D eigenvalue weighted by Crippen LogP contribution is -2.43. The molecule has 2 amide bonds. The van der Waals surface area contributed by atoms with Crippen molar-refractivity contribution in [3.8, 4) is 0 Å². The second-order valence-electron chi connectivity index (χ2n) is 6.24. The molecule has 0 aliphatic rings. The van der Waals surface area contributed by atoms with Crippen LogP contribution in [0.4, 0.5) is 9.18 Å². The van der Waals surface area contributed by atoms with Crippen LogP contribution in [-0.4, -0.2) is 17.6 Å². The lowest BCUT2D eigenvalue weighted by Gasteiger charge is -2.26. The van der Waals surface area contributed by atoms with E-state index in [0.29, 0.717) is 12.1 Å². The summed E-state index contributed by atoms with van der Waals surface area (Å²) < 4.78 is 13.9. The third-order valence-corrected chi connectivity index (χ3v) is 4.79. The Morgan fingerprint density at radius 2 is 2.09 bits per heavy atom. The van der Waals surface area contributed by atoms with Crippen molar-refractivity contribution in [1.29, 1.82) is 0 Å². The number of rotatable bonds is 5. The maximum atomic E-state index is 13.9. The summed E-state index contributed by atoms with van der Waals surface area (Å²) in [5.74, 6) is -0.258. The molecule has 0 radical (unpaired) electrons. The van der Waals surface area contributed by atoms with Gasteiger partial charge in [0.15, 0.2) is 0 Å². The normalized spacial score (nSPS) is 12.7. The molecule has 4 nitrogen and oxygen atoms in total. The van der Waals surface area contributed by atoms with E-state index in [9.17, 15) is 9.18 Å². The van der Waals surface area contributed by atoms with Crippen LogP contribution in [0.3, 0.4) is 0 Å². The number of benzene rings is 1. The summed E-state index contributed by atoms with van der Waals surface area (Å²) in [6, 6.07) is 6.19. The van der Waals surface area contributed by atoms with E-state index in [2.05, 4.69) is 15.6 Å². The van der Waals surface area contributed by atoms with Crippen LogP contribution >= 0.6 is 11.3 Å². The van der Waals surface area contributed by atoms with Crippen LogP contribution in [0.1, 0.15) is 43.1 Å². The SMILES string of the molecule is Cc1csc(C(C)NC(=O)NCC(C)(C)c2ccccc2F)n1. The third kappa shape index (κ3) is 4.51. The maximum absolute atomic E-state index is 13.9. The summed E-state index contributed by atoms with van der Waals surface area (Å²) >= 11 is 1.52. The number of carbonyl (C=O) groups excluding carboxylic acids is 1. The van der Waals surface area contributed by atoms with E-state index in [1.165, 1.54) is 17.4 Å². The zero-order valence-electron chi connectivity index (χ0n) is 13.8. The molecule has 2 rings (SSSR count). The van der Waals surface area contributed by atoms with Crippen LogP contribution < -0.4 is 10.6 Å². The molecule has 0 saturated heterocycles. The van der Waals surface area contributed by atoms with Crippen molar-refractivity contribution in [2.45, 2.75) is 39.2 Å². The van der Waals surface area contributed by atoms with Crippen LogP contribution in [0.2, 0.25) is 0 Å². The molecule has 1 heterocycles. The first-order chi connectivity index (χ1) is 10.8. The number of carbonyl (C=O) groups is 1. The van der Waals surface area contributed by atoms with Crippen LogP contribution in [-0.2, 0) is 5.41 Å². The van der Waals surface area contributed by atoms with Crippen molar-refractivity contribution < 1.29 is 9.18 Å². The van der Waals surface area contributed by atoms with Crippen molar-refractivity contribution in [3.05, 3.63) is 51.7 Å². The van der Waals surface area contributed by atoms with E-state index in [1.54, 1.807) is 18.2 Å². The van der Waals surface area contributed by atoms with E-state index in [1.807, 2.05) is 33.1 Å². The average Bonchev–Trinajstić information content (AvgIpc) is 2.92.